The van der Waals surface area contributed by atoms with Crippen molar-refractivity contribution in [1.82, 2.24) is 20.6 Å². The zero-order chi connectivity index (χ0) is 20.2. The second-order valence-corrected chi connectivity index (χ2v) is 6.92. The summed E-state index contributed by atoms with van der Waals surface area (Å²) in [6.07, 6.45) is 1.33. The number of nitrogens with one attached hydrogen (secondary N) is 3. The van der Waals surface area contributed by atoms with Gasteiger partial charge in [-0.1, -0.05) is 12.1 Å². The maximum absolute atomic E-state index is 11.8. The van der Waals surface area contributed by atoms with Gasteiger partial charge in [0, 0.05) is 18.3 Å². The Bertz CT molecular complexity index is 864. The molecular weight excluding hydrogens is 374 g/mol. The molecule has 2 fully saturated rings. The van der Waals surface area contributed by atoms with Gasteiger partial charge in [0.1, 0.15) is 18.0 Å². The Kier molecular flexibility index (Phi) is 5.77. The summed E-state index contributed by atoms with van der Waals surface area (Å²) in [6, 6.07) is 9.06. The largest absolute Gasteiger partial charge is 0.496 e. The zero-order valence-electron chi connectivity index (χ0n) is 16.4. The van der Waals surface area contributed by atoms with Crippen molar-refractivity contribution in [3.05, 3.63) is 36.5 Å². The van der Waals surface area contributed by atoms with E-state index < -0.39 is 0 Å². The summed E-state index contributed by atoms with van der Waals surface area (Å²) >= 11 is 0. The summed E-state index contributed by atoms with van der Waals surface area (Å²) in [6.45, 7) is 3.30. The van der Waals surface area contributed by atoms with Crippen LogP contribution >= 0.6 is 0 Å². The molecule has 9 heteroatoms. The number of carbonyl (C=O) groups excluding carboxylic acids is 1. The van der Waals surface area contributed by atoms with Crippen molar-refractivity contribution < 1.29 is 19.0 Å². The molecule has 2 saturated heterocycles. The van der Waals surface area contributed by atoms with E-state index in [1.54, 1.807) is 13.3 Å². The van der Waals surface area contributed by atoms with E-state index in [-0.39, 0.29) is 30.3 Å². The van der Waals surface area contributed by atoms with Crippen LogP contribution in [-0.2, 0) is 9.47 Å². The highest BCUT2D eigenvalue weighted by Crippen LogP contribution is 2.30. The molecule has 2 aliphatic rings. The second-order valence-electron chi connectivity index (χ2n) is 6.92. The van der Waals surface area contributed by atoms with Gasteiger partial charge < -0.3 is 30.2 Å². The lowest BCUT2D eigenvalue weighted by Gasteiger charge is -2.18. The Labute approximate surface area is 169 Å². The first-order valence-electron chi connectivity index (χ1n) is 9.70. The third kappa shape index (κ3) is 4.10. The Morgan fingerprint density at radius 1 is 1.17 bits per heavy atom. The van der Waals surface area contributed by atoms with E-state index in [0.29, 0.717) is 25.7 Å². The van der Waals surface area contributed by atoms with Gasteiger partial charge in [0.25, 0.3) is 0 Å². The number of methoxy groups -OCH3 is 1. The molecule has 4 unspecified atom stereocenters. The minimum absolute atomic E-state index is 0.103. The molecule has 4 rings (SSSR count). The third-order valence-corrected chi connectivity index (χ3v) is 5.06. The van der Waals surface area contributed by atoms with Crippen molar-refractivity contribution in [3.63, 3.8) is 0 Å². The smallest absolute Gasteiger partial charge is 0.315 e. The molecule has 1 aromatic heterocycles. The first-order valence-corrected chi connectivity index (χ1v) is 9.70. The Morgan fingerprint density at radius 3 is 2.72 bits per heavy atom. The first kappa shape index (κ1) is 19.4. The molecule has 0 spiro atoms. The Balaban J connectivity index is 1.44. The van der Waals surface area contributed by atoms with Crippen LogP contribution in [0.15, 0.2) is 36.5 Å². The number of fused-ring (bicyclic) bond motifs is 1. The van der Waals surface area contributed by atoms with E-state index >= 15 is 0 Å². The molecule has 3 heterocycles. The molecule has 2 aromatic rings. The van der Waals surface area contributed by atoms with Crippen molar-refractivity contribution >= 4 is 12.0 Å². The number of urea groups is 1. The number of anilines is 1. The molecule has 0 aliphatic carbocycles. The van der Waals surface area contributed by atoms with Gasteiger partial charge in [-0.2, -0.15) is 0 Å². The van der Waals surface area contributed by atoms with Gasteiger partial charge in [0.05, 0.1) is 38.1 Å². The van der Waals surface area contributed by atoms with Crippen LogP contribution in [0.5, 0.6) is 5.75 Å². The molecular formula is C20H25N5O4. The number of hydrogen-bond acceptors (Lipinski definition) is 7. The van der Waals surface area contributed by atoms with E-state index in [9.17, 15) is 4.79 Å². The highest BCUT2D eigenvalue weighted by molar-refractivity contribution is 5.74. The molecule has 2 amide bonds. The minimum Gasteiger partial charge on any atom is -0.496 e. The minimum atomic E-state index is -0.213. The Hall–Kier alpha value is -2.91. The molecule has 0 bridgehead atoms. The van der Waals surface area contributed by atoms with Gasteiger partial charge in [-0.25, -0.2) is 14.8 Å². The quantitative estimate of drug-likeness (QED) is 0.674. The van der Waals surface area contributed by atoms with Crippen molar-refractivity contribution in [2.45, 2.75) is 31.2 Å². The molecule has 9 nitrogen and oxygen atoms in total. The zero-order valence-corrected chi connectivity index (χ0v) is 16.4. The summed E-state index contributed by atoms with van der Waals surface area (Å²) in [5.74, 6) is 1.24. The van der Waals surface area contributed by atoms with Gasteiger partial charge in [0.15, 0.2) is 0 Å². The number of amides is 2. The summed E-state index contributed by atoms with van der Waals surface area (Å²) in [5, 5.41) is 8.95. The lowest BCUT2D eigenvalue weighted by atomic mass is 10.1. The fourth-order valence-corrected chi connectivity index (χ4v) is 3.73. The van der Waals surface area contributed by atoms with Crippen LogP contribution in [0, 0.1) is 0 Å². The van der Waals surface area contributed by atoms with Crippen molar-refractivity contribution in [3.8, 4) is 17.0 Å². The fraction of sp³-hybridized carbons (Fsp3) is 0.450. The lowest BCUT2D eigenvalue weighted by Crippen LogP contribution is -2.48. The number of ether oxygens (including phenoxy) is 3. The fourth-order valence-electron chi connectivity index (χ4n) is 3.73. The van der Waals surface area contributed by atoms with Crippen LogP contribution in [0.25, 0.3) is 11.3 Å². The van der Waals surface area contributed by atoms with Crippen LogP contribution in [-0.4, -0.2) is 67.2 Å². The lowest BCUT2D eigenvalue weighted by molar-refractivity contribution is 0.0682. The number of hydrogen-bond donors (Lipinski definition) is 3. The Morgan fingerprint density at radius 2 is 1.93 bits per heavy atom. The number of carbonyl (C=O) groups is 1. The van der Waals surface area contributed by atoms with Gasteiger partial charge >= 0.3 is 6.03 Å². The van der Waals surface area contributed by atoms with E-state index in [0.717, 1.165) is 17.0 Å². The maximum Gasteiger partial charge on any atom is 0.315 e. The van der Waals surface area contributed by atoms with Crippen LogP contribution in [0.2, 0.25) is 0 Å². The van der Waals surface area contributed by atoms with Crippen LogP contribution < -0.4 is 20.7 Å². The molecule has 154 valence electrons. The van der Waals surface area contributed by atoms with Crippen LogP contribution in [0.1, 0.15) is 6.92 Å². The number of nitrogens with zero attached hydrogens (tertiary/aromatic N) is 2. The molecule has 29 heavy (non-hydrogen) atoms. The van der Waals surface area contributed by atoms with Gasteiger partial charge in [-0.05, 0) is 25.1 Å². The SMILES string of the molecule is CCNC(=O)NC1COC2C(Nc3nccc(-c4ccccc4OC)n3)COC12. The molecule has 0 saturated carbocycles. The highest BCUT2D eigenvalue weighted by atomic mass is 16.6. The first-order chi connectivity index (χ1) is 14.2. The topological polar surface area (TPSA) is 107 Å². The number of rotatable bonds is 6. The summed E-state index contributed by atoms with van der Waals surface area (Å²) in [5.41, 5.74) is 1.66. The number of para-hydroxylation sites is 1. The maximum atomic E-state index is 11.8. The van der Waals surface area contributed by atoms with Crippen molar-refractivity contribution in [1.29, 1.82) is 0 Å². The van der Waals surface area contributed by atoms with E-state index in [1.807, 2.05) is 37.3 Å². The summed E-state index contributed by atoms with van der Waals surface area (Å²) in [7, 11) is 1.64. The van der Waals surface area contributed by atoms with Gasteiger partial charge in [-0.3, -0.25) is 0 Å². The molecule has 0 radical (unpaired) electrons. The van der Waals surface area contributed by atoms with Crippen molar-refractivity contribution in [2.75, 3.05) is 32.2 Å². The number of aromatic nitrogens is 2. The standard InChI is InChI=1S/C20H25N5O4/c1-3-21-20(26)25-15-11-29-17-14(10-28-18(15)17)24-19-22-9-8-13(23-19)12-6-4-5-7-16(12)27-2/h4-9,14-15,17-18H,3,10-11H2,1-2H3,(H2,21,25,26)(H,22,23,24). The summed E-state index contributed by atoms with van der Waals surface area (Å²) in [4.78, 5) is 20.8. The van der Waals surface area contributed by atoms with Crippen molar-refractivity contribution in [2.24, 2.45) is 0 Å². The third-order valence-electron chi connectivity index (χ3n) is 5.06. The highest BCUT2D eigenvalue weighted by Gasteiger charge is 2.48. The molecule has 1 aromatic carbocycles. The van der Waals surface area contributed by atoms with E-state index in [4.69, 9.17) is 14.2 Å². The average molecular weight is 399 g/mol. The normalized spacial score (nSPS) is 25.3. The van der Waals surface area contributed by atoms with E-state index in [1.165, 1.54) is 0 Å². The summed E-state index contributed by atoms with van der Waals surface area (Å²) < 4.78 is 17.2. The second kappa shape index (κ2) is 8.62. The predicted molar refractivity (Wildman–Crippen MR) is 107 cm³/mol. The average Bonchev–Trinajstić information content (AvgIpc) is 3.32. The van der Waals surface area contributed by atoms with Crippen LogP contribution in [0.3, 0.4) is 0 Å². The van der Waals surface area contributed by atoms with Gasteiger partial charge in [0.2, 0.25) is 5.95 Å². The van der Waals surface area contributed by atoms with E-state index in [2.05, 4.69) is 25.9 Å². The van der Waals surface area contributed by atoms with Crippen LogP contribution in [0.4, 0.5) is 10.7 Å². The predicted octanol–water partition coefficient (Wildman–Crippen LogP) is 1.42. The monoisotopic (exact) mass is 399 g/mol. The number of benzene rings is 1. The molecule has 4 atom stereocenters. The molecule has 3 N–H and O–H groups in total. The molecule has 2 aliphatic heterocycles. The van der Waals surface area contributed by atoms with Gasteiger partial charge in [-0.15, -0.1) is 0 Å².